The summed E-state index contributed by atoms with van der Waals surface area (Å²) in [4.78, 5) is 11.1. The summed E-state index contributed by atoms with van der Waals surface area (Å²) >= 11 is 0. The van der Waals surface area contributed by atoms with Crippen LogP contribution in [0.15, 0.2) is 24.3 Å². The Balaban J connectivity index is 2.66. The molecule has 1 atom stereocenters. The Labute approximate surface area is 129 Å². The van der Waals surface area contributed by atoms with Crippen LogP contribution < -0.4 is 10.6 Å². The molecule has 0 aliphatic heterocycles. The monoisotopic (exact) mass is 290 g/mol. The van der Waals surface area contributed by atoms with Crippen molar-refractivity contribution in [3.63, 3.8) is 0 Å². The molecule has 0 saturated heterocycles. The van der Waals surface area contributed by atoms with E-state index < -0.39 is 0 Å². The van der Waals surface area contributed by atoms with Gasteiger partial charge in [-0.25, -0.2) is 0 Å². The third kappa shape index (κ3) is 5.88. The molecule has 1 aromatic rings. The molecule has 3 nitrogen and oxygen atoms in total. The van der Waals surface area contributed by atoms with Gasteiger partial charge in [0.15, 0.2) is 0 Å². The zero-order valence-corrected chi connectivity index (χ0v) is 14.2. The smallest absolute Gasteiger partial charge is 0.221 e. The molecule has 0 bridgehead atoms. The van der Waals surface area contributed by atoms with Gasteiger partial charge in [-0.3, -0.25) is 4.79 Å². The lowest BCUT2D eigenvalue weighted by atomic mass is 9.85. The minimum absolute atomic E-state index is 0.0348. The molecule has 0 radical (unpaired) electrons. The zero-order chi connectivity index (χ0) is 16.0. The zero-order valence-electron chi connectivity index (χ0n) is 14.2. The summed E-state index contributed by atoms with van der Waals surface area (Å²) in [6.45, 7) is 13.9. The van der Waals surface area contributed by atoms with Crippen LogP contribution in [0.4, 0.5) is 5.69 Å². The number of rotatable bonds is 7. The predicted molar refractivity (Wildman–Crippen MR) is 90.3 cm³/mol. The molecule has 118 valence electrons. The predicted octanol–water partition coefficient (Wildman–Crippen LogP) is 4.22. The highest BCUT2D eigenvalue weighted by atomic mass is 16.1. The van der Waals surface area contributed by atoms with E-state index in [2.05, 4.69) is 51.3 Å². The van der Waals surface area contributed by atoms with Crippen LogP contribution in [0.1, 0.15) is 53.1 Å². The fourth-order valence-electron chi connectivity index (χ4n) is 2.76. The minimum Gasteiger partial charge on any atom is -0.326 e. The van der Waals surface area contributed by atoms with Gasteiger partial charge in [0.05, 0.1) is 0 Å². The summed E-state index contributed by atoms with van der Waals surface area (Å²) < 4.78 is 0. The van der Waals surface area contributed by atoms with E-state index in [1.807, 2.05) is 18.2 Å². The summed E-state index contributed by atoms with van der Waals surface area (Å²) in [6, 6.07) is 8.32. The van der Waals surface area contributed by atoms with E-state index in [1.165, 1.54) is 12.5 Å². The lowest BCUT2D eigenvalue weighted by molar-refractivity contribution is -0.114. The number of nitrogens with one attached hydrogen (secondary N) is 2. The molecule has 21 heavy (non-hydrogen) atoms. The Morgan fingerprint density at radius 2 is 1.71 bits per heavy atom. The molecule has 0 fully saturated rings. The van der Waals surface area contributed by atoms with E-state index >= 15 is 0 Å². The van der Waals surface area contributed by atoms with E-state index in [0.29, 0.717) is 17.8 Å². The van der Waals surface area contributed by atoms with Crippen LogP contribution in [0.2, 0.25) is 0 Å². The van der Waals surface area contributed by atoms with Crippen molar-refractivity contribution in [2.24, 2.45) is 17.8 Å². The fraction of sp³-hybridized carbons (Fsp3) is 0.611. The Morgan fingerprint density at radius 3 is 2.24 bits per heavy atom. The number of amides is 1. The van der Waals surface area contributed by atoms with Gasteiger partial charge in [-0.15, -0.1) is 0 Å². The molecule has 0 aliphatic carbocycles. The summed E-state index contributed by atoms with van der Waals surface area (Å²) in [5.74, 6) is 1.99. The summed E-state index contributed by atoms with van der Waals surface area (Å²) in [6.07, 6.45) is 0. The summed E-state index contributed by atoms with van der Waals surface area (Å²) in [7, 11) is 0. The Kier molecular flexibility index (Phi) is 6.90. The molecule has 0 spiro atoms. The largest absolute Gasteiger partial charge is 0.326 e. The number of hydrogen-bond donors (Lipinski definition) is 2. The van der Waals surface area contributed by atoms with Crippen LogP contribution in [-0.4, -0.2) is 12.5 Å². The number of hydrogen-bond acceptors (Lipinski definition) is 2. The highest BCUT2D eigenvalue weighted by Gasteiger charge is 2.18. The van der Waals surface area contributed by atoms with E-state index in [-0.39, 0.29) is 11.9 Å². The standard InChI is InChI=1S/C18H30N2O/c1-12(2)18(13(3)4)11-19-14(5)16-8-7-9-17(10-16)20-15(6)21/h7-10,12-14,18-19H,11H2,1-6H3,(H,20,21). The van der Waals surface area contributed by atoms with Crippen molar-refractivity contribution < 1.29 is 4.79 Å². The molecular formula is C18H30N2O. The van der Waals surface area contributed by atoms with Gasteiger partial charge in [-0.1, -0.05) is 39.8 Å². The van der Waals surface area contributed by atoms with E-state index in [4.69, 9.17) is 0 Å². The third-order valence-electron chi connectivity index (χ3n) is 4.08. The van der Waals surface area contributed by atoms with Crippen molar-refractivity contribution in [2.75, 3.05) is 11.9 Å². The molecule has 0 aliphatic rings. The highest BCUT2D eigenvalue weighted by Crippen LogP contribution is 2.22. The molecule has 1 unspecified atom stereocenters. The van der Waals surface area contributed by atoms with Crippen LogP contribution in [0.3, 0.4) is 0 Å². The average molecular weight is 290 g/mol. The minimum atomic E-state index is -0.0348. The van der Waals surface area contributed by atoms with E-state index in [9.17, 15) is 4.79 Å². The first-order valence-electron chi connectivity index (χ1n) is 7.92. The van der Waals surface area contributed by atoms with Crippen molar-refractivity contribution >= 4 is 11.6 Å². The van der Waals surface area contributed by atoms with Crippen LogP contribution in [0.5, 0.6) is 0 Å². The first-order valence-corrected chi connectivity index (χ1v) is 7.92. The maximum Gasteiger partial charge on any atom is 0.221 e. The Hall–Kier alpha value is -1.35. The lowest BCUT2D eigenvalue weighted by Crippen LogP contribution is -2.31. The summed E-state index contributed by atoms with van der Waals surface area (Å²) in [5.41, 5.74) is 2.06. The maximum absolute atomic E-state index is 11.1. The Morgan fingerprint density at radius 1 is 1.10 bits per heavy atom. The number of anilines is 1. The number of carbonyl (C=O) groups excluding carboxylic acids is 1. The van der Waals surface area contributed by atoms with Gasteiger partial charge >= 0.3 is 0 Å². The molecule has 3 heteroatoms. The molecule has 0 saturated carbocycles. The topological polar surface area (TPSA) is 41.1 Å². The second-order valence-electron chi connectivity index (χ2n) is 6.59. The van der Waals surface area contributed by atoms with Crippen molar-refractivity contribution in [1.82, 2.24) is 5.32 Å². The van der Waals surface area contributed by atoms with Gasteiger partial charge in [0.1, 0.15) is 0 Å². The van der Waals surface area contributed by atoms with Crippen LogP contribution in [0, 0.1) is 17.8 Å². The first-order chi connectivity index (χ1) is 9.81. The first kappa shape index (κ1) is 17.7. The third-order valence-corrected chi connectivity index (χ3v) is 4.08. The molecule has 1 aromatic carbocycles. The fourth-order valence-corrected chi connectivity index (χ4v) is 2.76. The van der Waals surface area contributed by atoms with Crippen LogP contribution >= 0.6 is 0 Å². The van der Waals surface area contributed by atoms with Crippen molar-refractivity contribution in [2.45, 2.75) is 47.6 Å². The molecule has 0 aromatic heterocycles. The second-order valence-corrected chi connectivity index (χ2v) is 6.59. The SMILES string of the molecule is CC(=O)Nc1cccc(C(C)NCC(C(C)C)C(C)C)c1. The van der Waals surface area contributed by atoms with Gasteiger partial charge in [-0.05, 0) is 48.9 Å². The Bertz CT molecular complexity index is 446. The molecule has 1 rings (SSSR count). The van der Waals surface area contributed by atoms with Gasteiger partial charge in [-0.2, -0.15) is 0 Å². The van der Waals surface area contributed by atoms with Gasteiger partial charge in [0.2, 0.25) is 5.91 Å². The van der Waals surface area contributed by atoms with Gasteiger partial charge in [0.25, 0.3) is 0 Å². The normalized spacial score (nSPS) is 13.0. The van der Waals surface area contributed by atoms with E-state index in [0.717, 1.165) is 12.2 Å². The van der Waals surface area contributed by atoms with E-state index in [1.54, 1.807) is 0 Å². The second kappa shape index (κ2) is 8.18. The van der Waals surface area contributed by atoms with Crippen LogP contribution in [0.25, 0.3) is 0 Å². The van der Waals surface area contributed by atoms with Crippen molar-refractivity contribution in [3.8, 4) is 0 Å². The van der Waals surface area contributed by atoms with Gasteiger partial charge < -0.3 is 10.6 Å². The van der Waals surface area contributed by atoms with Crippen LogP contribution in [-0.2, 0) is 4.79 Å². The highest BCUT2D eigenvalue weighted by molar-refractivity contribution is 5.88. The number of benzene rings is 1. The molecule has 2 N–H and O–H groups in total. The molecule has 0 heterocycles. The van der Waals surface area contributed by atoms with Crippen molar-refractivity contribution in [3.05, 3.63) is 29.8 Å². The lowest BCUT2D eigenvalue weighted by Gasteiger charge is -2.27. The molecule has 1 amide bonds. The average Bonchev–Trinajstić information content (AvgIpc) is 2.37. The number of carbonyl (C=O) groups is 1. The van der Waals surface area contributed by atoms with Crippen molar-refractivity contribution in [1.29, 1.82) is 0 Å². The molecular weight excluding hydrogens is 260 g/mol. The summed E-state index contributed by atoms with van der Waals surface area (Å²) in [5, 5.41) is 6.46. The van der Waals surface area contributed by atoms with Gasteiger partial charge in [0, 0.05) is 18.7 Å². The quantitative estimate of drug-likeness (QED) is 0.789. The maximum atomic E-state index is 11.1.